The van der Waals surface area contributed by atoms with Crippen LogP contribution in [0.1, 0.15) is 18.5 Å². The average Bonchev–Trinajstić information content (AvgIpc) is 3.06. The summed E-state index contributed by atoms with van der Waals surface area (Å²) in [6, 6.07) is 7.42. The lowest BCUT2D eigenvalue weighted by atomic mass is 10.1. The van der Waals surface area contributed by atoms with Gasteiger partial charge in [-0.3, -0.25) is 0 Å². The predicted octanol–water partition coefficient (Wildman–Crippen LogP) is 4.06. The van der Waals surface area contributed by atoms with Crippen molar-refractivity contribution < 1.29 is 4.74 Å². The van der Waals surface area contributed by atoms with E-state index in [1.165, 1.54) is 6.04 Å². The first-order valence-electron chi connectivity index (χ1n) is 7.82. The number of benzene rings is 1. The van der Waals surface area contributed by atoms with Gasteiger partial charge in [-0.2, -0.15) is 5.10 Å². The number of aromatic nitrogens is 2. The standard InChI is InChI=1S/C16H24BrN3OSi/c1-22(2,3)9-8-21-11-20-14-5-4-12(17)10-13(14)15(19-20)16(18)6-7-16/h4-5,10H,6-9,11,18H2,1-3H3. The van der Waals surface area contributed by atoms with Crippen LogP contribution in [0.15, 0.2) is 22.7 Å². The maximum Gasteiger partial charge on any atom is 0.140 e. The number of rotatable bonds is 6. The second-order valence-corrected chi connectivity index (χ2v) is 14.1. The smallest absolute Gasteiger partial charge is 0.140 e. The Morgan fingerprint density at radius 2 is 2.09 bits per heavy atom. The van der Waals surface area contributed by atoms with Gasteiger partial charge in [-0.05, 0) is 37.1 Å². The fraction of sp³-hybridized carbons (Fsp3) is 0.562. The van der Waals surface area contributed by atoms with E-state index < -0.39 is 8.07 Å². The third kappa shape index (κ3) is 3.45. The highest BCUT2D eigenvalue weighted by molar-refractivity contribution is 9.10. The van der Waals surface area contributed by atoms with Crippen molar-refractivity contribution in [1.82, 2.24) is 9.78 Å². The molecule has 0 spiro atoms. The van der Waals surface area contributed by atoms with E-state index in [-0.39, 0.29) is 5.54 Å². The lowest BCUT2D eigenvalue weighted by Gasteiger charge is -2.15. The summed E-state index contributed by atoms with van der Waals surface area (Å²) in [7, 11) is -1.05. The summed E-state index contributed by atoms with van der Waals surface area (Å²) < 4.78 is 8.88. The molecular formula is C16H24BrN3OSi. The van der Waals surface area contributed by atoms with Crippen LogP contribution in [0.5, 0.6) is 0 Å². The molecule has 1 aromatic carbocycles. The van der Waals surface area contributed by atoms with Crippen LogP contribution in [-0.4, -0.2) is 24.5 Å². The molecule has 1 aliphatic carbocycles. The van der Waals surface area contributed by atoms with E-state index in [9.17, 15) is 0 Å². The molecule has 1 aromatic heterocycles. The number of halogens is 1. The molecule has 0 atom stereocenters. The number of nitrogens with zero attached hydrogens (tertiary/aromatic N) is 2. The Labute approximate surface area is 141 Å². The van der Waals surface area contributed by atoms with Gasteiger partial charge in [-0.25, -0.2) is 4.68 Å². The topological polar surface area (TPSA) is 53.1 Å². The minimum Gasteiger partial charge on any atom is -0.360 e. The van der Waals surface area contributed by atoms with E-state index in [1.54, 1.807) is 0 Å². The first-order chi connectivity index (χ1) is 10.3. The minimum atomic E-state index is -1.05. The first kappa shape index (κ1) is 16.2. The molecule has 0 radical (unpaired) electrons. The SMILES string of the molecule is C[Si](C)(C)CCOCn1nc(C2(N)CC2)c2cc(Br)ccc21. The molecule has 3 rings (SSSR count). The molecule has 0 amide bonds. The summed E-state index contributed by atoms with van der Waals surface area (Å²) in [4.78, 5) is 0. The zero-order valence-corrected chi connectivity index (χ0v) is 16.1. The summed E-state index contributed by atoms with van der Waals surface area (Å²) >= 11 is 3.54. The Balaban J connectivity index is 1.81. The highest BCUT2D eigenvalue weighted by Crippen LogP contribution is 2.45. The van der Waals surface area contributed by atoms with Crippen molar-refractivity contribution in [2.24, 2.45) is 5.73 Å². The fourth-order valence-corrected chi connectivity index (χ4v) is 3.64. The number of fused-ring (bicyclic) bond motifs is 1. The van der Waals surface area contributed by atoms with Crippen LogP contribution in [0.4, 0.5) is 0 Å². The normalized spacial score (nSPS) is 17.1. The van der Waals surface area contributed by atoms with Crippen LogP contribution in [0, 0.1) is 0 Å². The molecule has 22 heavy (non-hydrogen) atoms. The second-order valence-electron chi connectivity index (χ2n) is 7.51. The van der Waals surface area contributed by atoms with E-state index >= 15 is 0 Å². The van der Waals surface area contributed by atoms with Crippen LogP contribution in [-0.2, 0) is 17.0 Å². The molecule has 1 heterocycles. The lowest BCUT2D eigenvalue weighted by Crippen LogP contribution is -2.22. The molecular weight excluding hydrogens is 358 g/mol. The Morgan fingerprint density at radius 3 is 2.73 bits per heavy atom. The monoisotopic (exact) mass is 381 g/mol. The predicted molar refractivity (Wildman–Crippen MR) is 96.6 cm³/mol. The van der Waals surface area contributed by atoms with E-state index in [1.807, 2.05) is 10.7 Å². The molecule has 4 nitrogen and oxygen atoms in total. The van der Waals surface area contributed by atoms with Crippen LogP contribution in [0.2, 0.25) is 25.7 Å². The molecule has 120 valence electrons. The third-order valence-electron chi connectivity index (χ3n) is 4.18. The largest absolute Gasteiger partial charge is 0.360 e. The van der Waals surface area contributed by atoms with Crippen LogP contribution < -0.4 is 5.73 Å². The van der Waals surface area contributed by atoms with Crippen molar-refractivity contribution in [3.05, 3.63) is 28.4 Å². The molecule has 2 aromatic rings. The molecule has 0 unspecified atom stereocenters. The van der Waals surface area contributed by atoms with Crippen LogP contribution >= 0.6 is 15.9 Å². The molecule has 0 saturated heterocycles. The summed E-state index contributed by atoms with van der Waals surface area (Å²) in [5.74, 6) is 0. The molecule has 1 fully saturated rings. The summed E-state index contributed by atoms with van der Waals surface area (Å²) in [5.41, 5.74) is 8.26. The van der Waals surface area contributed by atoms with Crippen LogP contribution in [0.25, 0.3) is 10.9 Å². The Hall–Kier alpha value is -0.693. The summed E-state index contributed by atoms with van der Waals surface area (Å²) in [6.45, 7) is 8.39. The molecule has 0 aliphatic heterocycles. The van der Waals surface area contributed by atoms with Gasteiger partial charge in [-0.15, -0.1) is 0 Å². The Bertz CT molecular complexity index is 688. The molecule has 0 bridgehead atoms. The number of ether oxygens (including phenoxy) is 1. The van der Waals surface area contributed by atoms with Crippen LogP contribution in [0.3, 0.4) is 0 Å². The molecule has 2 N–H and O–H groups in total. The lowest BCUT2D eigenvalue weighted by molar-refractivity contribution is 0.0812. The van der Waals surface area contributed by atoms with Crippen molar-refractivity contribution in [3.63, 3.8) is 0 Å². The Kier molecular flexibility index (Phi) is 4.22. The van der Waals surface area contributed by atoms with Gasteiger partial charge in [-0.1, -0.05) is 35.6 Å². The zero-order valence-electron chi connectivity index (χ0n) is 13.5. The Morgan fingerprint density at radius 1 is 1.36 bits per heavy atom. The number of hydrogen-bond donors (Lipinski definition) is 1. The van der Waals surface area contributed by atoms with Crippen molar-refractivity contribution in [3.8, 4) is 0 Å². The van der Waals surface area contributed by atoms with Crippen molar-refractivity contribution in [1.29, 1.82) is 0 Å². The van der Waals surface area contributed by atoms with E-state index in [4.69, 9.17) is 15.6 Å². The summed E-state index contributed by atoms with van der Waals surface area (Å²) in [6.07, 6.45) is 2.03. The molecule has 6 heteroatoms. The maximum absolute atomic E-state index is 6.38. The van der Waals surface area contributed by atoms with Gasteiger partial charge in [0.15, 0.2) is 0 Å². The first-order valence-corrected chi connectivity index (χ1v) is 12.3. The maximum atomic E-state index is 6.38. The van der Waals surface area contributed by atoms with Gasteiger partial charge in [0, 0.05) is 24.5 Å². The van der Waals surface area contributed by atoms with E-state index in [0.717, 1.165) is 40.5 Å². The minimum absolute atomic E-state index is 0.234. The number of nitrogens with two attached hydrogens (primary N) is 1. The highest BCUT2D eigenvalue weighted by Gasteiger charge is 2.43. The quantitative estimate of drug-likeness (QED) is 0.606. The van der Waals surface area contributed by atoms with Gasteiger partial charge < -0.3 is 10.5 Å². The van der Waals surface area contributed by atoms with Crippen molar-refractivity contribution in [2.45, 2.75) is 50.8 Å². The highest BCUT2D eigenvalue weighted by atomic mass is 79.9. The van der Waals surface area contributed by atoms with Gasteiger partial charge in [0.25, 0.3) is 0 Å². The molecule has 1 saturated carbocycles. The van der Waals surface area contributed by atoms with E-state index in [0.29, 0.717) is 6.73 Å². The van der Waals surface area contributed by atoms with Gasteiger partial charge in [0.1, 0.15) is 6.73 Å². The number of hydrogen-bond acceptors (Lipinski definition) is 3. The van der Waals surface area contributed by atoms with Gasteiger partial charge >= 0.3 is 0 Å². The molecule has 1 aliphatic rings. The summed E-state index contributed by atoms with van der Waals surface area (Å²) in [5, 5.41) is 5.90. The van der Waals surface area contributed by atoms with E-state index in [2.05, 4.69) is 47.7 Å². The third-order valence-corrected chi connectivity index (χ3v) is 6.38. The zero-order chi connectivity index (χ0) is 16.0. The van der Waals surface area contributed by atoms with Crippen molar-refractivity contribution in [2.75, 3.05) is 6.61 Å². The van der Waals surface area contributed by atoms with Gasteiger partial charge in [0.2, 0.25) is 0 Å². The van der Waals surface area contributed by atoms with Gasteiger partial charge in [0.05, 0.1) is 16.7 Å². The average molecular weight is 382 g/mol. The van der Waals surface area contributed by atoms with Crippen molar-refractivity contribution >= 4 is 34.9 Å². The second kappa shape index (κ2) is 5.74. The fourth-order valence-electron chi connectivity index (χ4n) is 2.52.